The molecule has 7 heavy (non-hydrogen) atoms. The van der Waals surface area contributed by atoms with Gasteiger partial charge in [-0.15, -0.1) is 0 Å². The predicted molar refractivity (Wildman–Crippen MR) is 24.2 cm³/mol. The molecule has 0 radical (unpaired) electrons. The van der Waals surface area contributed by atoms with Crippen molar-refractivity contribution in [1.29, 1.82) is 0 Å². The maximum atomic E-state index is 8.52. The first kappa shape index (κ1) is 16.0. The van der Waals surface area contributed by atoms with Gasteiger partial charge < -0.3 is 7.96 Å². The molecular formula is C4H12Na2O. The minimum atomic E-state index is -0.500. The van der Waals surface area contributed by atoms with Crippen molar-refractivity contribution in [3.05, 3.63) is 0 Å². The van der Waals surface area contributed by atoms with Crippen molar-refractivity contribution in [2.45, 2.75) is 26.4 Å². The Morgan fingerprint density at radius 3 is 1.14 bits per heavy atom. The maximum absolute atomic E-state index is 8.52. The van der Waals surface area contributed by atoms with Gasteiger partial charge in [-0.3, -0.25) is 0 Å². The average Bonchev–Trinajstić information content (AvgIpc) is 0.722. The van der Waals surface area contributed by atoms with Gasteiger partial charge in [0.1, 0.15) is 0 Å². The minimum absolute atomic E-state index is 0. The third-order valence-electron chi connectivity index (χ3n) is 0. The quantitative estimate of drug-likeness (QED) is 0.319. The van der Waals surface area contributed by atoms with Crippen molar-refractivity contribution in [2.24, 2.45) is 0 Å². The van der Waals surface area contributed by atoms with E-state index in [-0.39, 0.29) is 62.0 Å². The molecule has 0 amide bonds. The zero-order valence-electron chi connectivity index (χ0n) is 7.95. The number of hydrogen-bond donors (Lipinski definition) is 1. The van der Waals surface area contributed by atoms with Crippen molar-refractivity contribution >= 4 is 0 Å². The summed E-state index contributed by atoms with van der Waals surface area (Å²) in [5.74, 6) is 0. The zero-order valence-corrected chi connectivity index (χ0v) is 9.95. The summed E-state index contributed by atoms with van der Waals surface area (Å²) in [7, 11) is 0. The van der Waals surface area contributed by atoms with E-state index in [4.69, 9.17) is 5.11 Å². The molecule has 1 N–H and O–H groups in total. The van der Waals surface area contributed by atoms with Crippen LogP contribution in [0.2, 0.25) is 0 Å². The van der Waals surface area contributed by atoms with Crippen LogP contribution in [0.5, 0.6) is 0 Å². The SMILES string of the molecule is CC(C)(C)O.[H-].[H-].[Na+].[Na+]. The Hall–Kier alpha value is 1.96. The average molecular weight is 122 g/mol. The van der Waals surface area contributed by atoms with Crippen LogP contribution in [0.3, 0.4) is 0 Å². The molecular weight excluding hydrogens is 110 g/mol. The molecule has 0 aromatic rings. The minimum Gasteiger partial charge on any atom is -1.00 e. The van der Waals surface area contributed by atoms with Gasteiger partial charge >= 0.3 is 59.1 Å². The van der Waals surface area contributed by atoms with Gasteiger partial charge in [-0.25, -0.2) is 0 Å². The third-order valence-corrected chi connectivity index (χ3v) is 0. The van der Waals surface area contributed by atoms with Crippen LogP contribution < -0.4 is 59.1 Å². The second-order valence-corrected chi connectivity index (χ2v) is 2.17. The van der Waals surface area contributed by atoms with Crippen LogP contribution in [0, 0.1) is 0 Å². The first-order valence-corrected chi connectivity index (χ1v) is 1.72. The Balaban J connectivity index is -0.0000000133. The summed E-state index contributed by atoms with van der Waals surface area (Å²) in [5, 5.41) is 8.52. The largest absolute Gasteiger partial charge is 1.00 e. The van der Waals surface area contributed by atoms with Crippen molar-refractivity contribution in [3.8, 4) is 0 Å². The summed E-state index contributed by atoms with van der Waals surface area (Å²) in [6.07, 6.45) is 0. The van der Waals surface area contributed by atoms with E-state index in [1.165, 1.54) is 0 Å². The standard InChI is InChI=1S/C4H10O.2Na.2H/c1-4(2,3)5;;;;/h5H,1-3H3;;;;/q;2*+1;2*-1. The van der Waals surface area contributed by atoms with Crippen LogP contribution in [-0.4, -0.2) is 10.7 Å². The fourth-order valence-electron chi connectivity index (χ4n) is 0. The monoisotopic (exact) mass is 122 g/mol. The Kier molecular flexibility index (Phi) is 13.9. The molecule has 36 valence electrons. The van der Waals surface area contributed by atoms with Gasteiger partial charge in [0.25, 0.3) is 0 Å². The maximum Gasteiger partial charge on any atom is 1.00 e. The molecule has 0 spiro atoms. The van der Waals surface area contributed by atoms with Gasteiger partial charge in [-0.2, -0.15) is 0 Å². The molecule has 0 aliphatic rings. The molecule has 0 atom stereocenters. The number of rotatable bonds is 0. The van der Waals surface area contributed by atoms with E-state index in [1.54, 1.807) is 20.8 Å². The summed E-state index contributed by atoms with van der Waals surface area (Å²) < 4.78 is 0. The molecule has 3 heteroatoms. The molecule has 0 saturated carbocycles. The van der Waals surface area contributed by atoms with Gasteiger partial charge in [0, 0.05) is 0 Å². The molecule has 0 saturated heterocycles. The van der Waals surface area contributed by atoms with Crippen LogP contribution in [-0.2, 0) is 0 Å². The van der Waals surface area contributed by atoms with Crippen LogP contribution in [0.15, 0.2) is 0 Å². The molecule has 1 nitrogen and oxygen atoms in total. The summed E-state index contributed by atoms with van der Waals surface area (Å²) in [4.78, 5) is 0. The van der Waals surface area contributed by atoms with E-state index in [0.717, 1.165) is 0 Å². The van der Waals surface area contributed by atoms with Gasteiger partial charge in [-0.1, -0.05) is 0 Å². The first-order valence-electron chi connectivity index (χ1n) is 1.72. The van der Waals surface area contributed by atoms with Gasteiger partial charge in [0.15, 0.2) is 0 Å². The van der Waals surface area contributed by atoms with Gasteiger partial charge in [-0.05, 0) is 20.8 Å². The molecule has 0 aromatic heterocycles. The van der Waals surface area contributed by atoms with Crippen molar-refractivity contribution in [3.63, 3.8) is 0 Å². The Morgan fingerprint density at radius 1 is 1.14 bits per heavy atom. The molecule has 0 bridgehead atoms. The first-order chi connectivity index (χ1) is 2.00. The van der Waals surface area contributed by atoms with Crippen LogP contribution in [0.4, 0.5) is 0 Å². The van der Waals surface area contributed by atoms with Crippen LogP contribution >= 0.6 is 0 Å². The molecule has 0 fully saturated rings. The van der Waals surface area contributed by atoms with E-state index in [9.17, 15) is 0 Å². The number of hydrogen-bond acceptors (Lipinski definition) is 1. The molecule has 0 heterocycles. The smallest absolute Gasteiger partial charge is 1.00 e. The Morgan fingerprint density at radius 2 is 1.14 bits per heavy atom. The summed E-state index contributed by atoms with van der Waals surface area (Å²) in [6, 6.07) is 0. The van der Waals surface area contributed by atoms with E-state index in [1.807, 2.05) is 0 Å². The molecule has 0 aromatic carbocycles. The van der Waals surface area contributed by atoms with Crippen molar-refractivity contribution in [1.82, 2.24) is 0 Å². The summed E-state index contributed by atoms with van der Waals surface area (Å²) in [5.41, 5.74) is -0.500. The van der Waals surface area contributed by atoms with E-state index < -0.39 is 5.60 Å². The second-order valence-electron chi connectivity index (χ2n) is 2.17. The van der Waals surface area contributed by atoms with E-state index >= 15 is 0 Å². The topological polar surface area (TPSA) is 20.2 Å². The van der Waals surface area contributed by atoms with E-state index in [2.05, 4.69) is 0 Å². The summed E-state index contributed by atoms with van der Waals surface area (Å²) >= 11 is 0. The van der Waals surface area contributed by atoms with Crippen molar-refractivity contribution < 1.29 is 67.1 Å². The summed E-state index contributed by atoms with van der Waals surface area (Å²) in [6.45, 7) is 5.23. The van der Waals surface area contributed by atoms with E-state index in [0.29, 0.717) is 0 Å². The second kappa shape index (κ2) is 6.09. The third kappa shape index (κ3) is 73.6. The van der Waals surface area contributed by atoms with Gasteiger partial charge in [0.05, 0.1) is 5.60 Å². The Labute approximate surface area is 92.4 Å². The predicted octanol–water partition coefficient (Wildman–Crippen LogP) is -4.99. The molecule has 0 rings (SSSR count). The normalized spacial score (nSPS) is 8.57. The Bertz CT molecular complexity index is 32.0. The fourth-order valence-corrected chi connectivity index (χ4v) is 0. The van der Waals surface area contributed by atoms with Crippen LogP contribution in [0.25, 0.3) is 0 Å². The van der Waals surface area contributed by atoms with Crippen molar-refractivity contribution in [2.75, 3.05) is 0 Å². The number of aliphatic hydroxyl groups is 1. The zero-order chi connectivity index (χ0) is 4.50. The van der Waals surface area contributed by atoms with Gasteiger partial charge in [0.2, 0.25) is 0 Å². The molecule has 0 unspecified atom stereocenters. The molecule has 0 aliphatic heterocycles. The van der Waals surface area contributed by atoms with Crippen LogP contribution in [0.1, 0.15) is 23.6 Å². The fraction of sp³-hybridized carbons (Fsp3) is 1.00. The molecule has 0 aliphatic carbocycles.